The van der Waals surface area contributed by atoms with E-state index in [1.54, 1.807) is 0 Å². The molecule has 140 valence electrons. The van der Waals surface area contributed by atoms with Crippen molar-refractivity contribution < 1.29 is 0 Å². The molecule has 0 amide bonds. The first-order chi connectivity index (χ1) is 11.8. The molecular formula is C20H33IN4. The number of guanidine groups is 1. The van der Waals surface area contributed by atoms with Gasteiger partial charge in [0.25, 0.3) is 0 Å². The molecule has 1 unspecified atom stereocenters. The monoisotopic (exact) mass is 456 g/mol. The van der Waals surface area contributed by atoms with Crippen LogP contribution < -0.4 is 15.5 Å². The highest BCUT2D eigenvalue weighted by Gasteiger charge is 2.20. The van der Waals surface area contributed by atoms with Crippen molar-refractivity contribution in [1.29, 1.82) is 0 Å². The fraction of sp³-hybridized carbons (Fsp3) is 0.650. The molecular weight excluding hydrogens is 423 g/mol. The number of rotatable bonds is 7. The van der Waals surface area contributed by atoms with Crippen molar-refractivity contribution in [2.75, 3.05) is 31.6 Å². The van der Waals surface area contributed by atoms with Crippen LogP contribution in [0.15, 0.2) is 29.3 Å². The molecule has 2 fully saturated rings. The van der Waals surface area contributed by atoms with Crippen molar-refractivity contribution in [2.45, 2.75) is 51.5 Å². The maximum Gasteiger partial charge on any atom is 0.191 e. The Morgan fingerprint density at radius 2 is 2.04 bits per heavy atom. The van der Waals surface area contributed by atoms with Gasteiger partial charge in [0.2, 0.25) is 0 Å². The zero-order valence-corrected chi connectivity index (χ0v) is 18.0. The highest BCUT2D eigenvalue weighted by molar-refractivity contribution is 14.0. The first-order valence-corrected chi connectivity index (χ1v) is 9.58. The Bertz CT molecular complexity index is 550. The summed E-state index contributed by atoms with van der Waals surface area (Å²) in [4.78, 5) is 6.86. The number of hydrogen-bond acceptors (Lipinski definition) is 2. The highest BCUT2D eigenvalue weighted by Crippen LogP contribution is 2.33. The van der Waals surface area contributed by atoms with Gasteiger partial charge in [-0.3, -0.25) is 4.99 Å². The molecule has 1 aromatic rings. The molecule has 5 heteroatoms. The molecule has 1 saturated carbocycles. The van der Waals surface area contributed by atoms with E-state index in [1.165, 1.54) is 62.9 Å². The van der Waals surface area contributed by atoms with Crippen LogP contribution in [0.2, 0.25) is 0 Å². The summed E-state index contributed by atoms with van der Waals surface area (Å²) in [6, 6.07) is 9.18. The second-order valence-corrected chi connectivity index (χ2v) is 7.24. The molecule has 0 aromatic heterocycles. The lowest BCUT2D eigenvalue weighted by atomic mass is 10.1. The van der Waals surface area contributed by atoms with E-state index < -0.39 is 0 Å². The van der Waals surface area contributed by atoms with Gasteiger partial charge < -0.3 is 15.5 Å². The Hall–Kier alpha value is -0.980. The van der Waals surface area contributed by atoms with Gasteiger partial charge in [0.1, 0.15) is 0 Å². The normalized spacial score (nSPS) is 18.6. The minimum atomic E-state index is 0. The topological polar surface area (TPSA) is 39.7 Å². The lowest BCUT2D eigenvalue weighted by Crippen LogP contribution is -2.39. The third-order valence-corrected chi connectivity index (χ3v) is 5.20. The van der Waals surface area contributed by atoms with Gasteiger partial charge in [0.15, 0.2) is 5.96 Å². The standard InChI is InChI=1S/C20H32N4.HI/c1-16(23-20(21-2)22-12-6-7-17-10-11-17)18-8-5-9-19(15-18)24-13-3-4-14-24;/h5,8-9,15-17H,3-4,6-7,10-14H2,1-2H3,(H2,21,22,23);1H. The molecule has 1 atom stereocenters. The molecule has 1 heterocycles. The SMILES string of the molecule is CN=C(NCCCC1CC1)NC(C)c1cccc(N2CCCC2)c1.I. The molecule has 25 heavy (non-hydrogen) atoms. The first kappa shape index (κ1) is 20.3. The van der Waals surface area contributed by atoms with Gasteiger partial charge in [-0.1, -0.05) is 25.0 Å². The van der Waals surface area contributed by atoms with E-state index in [4.69, 9.17) is 0 Å². The largest absolute Gasteiger partial charge is 0.372 e. The van der Waals surface area contributed by atoms with Crippen molar-refractivity contribution in [1.82, 2.24) is 10.6 Å². The quantitative estimate of drug-likeness (QED) is 0.278. The van der Waals surface area contributed by atoms with E-state index in [2.05, 4.69) is 51.7 Å². The van der Waals surface area contributed by atoms with Crippen LogP contribution in [0.3, 0.4) is 0 Å². The van der Waals surface area contributed by atoms with Crippen LogP contribution in [0, 0.1) is 5.92 Å². The Balaban J connectivity index is 0.00000225. The fourth-order valence-electron chi connectivity index (χ4n) is 3.45. The average molecular weight is 456 g/mol. The van der Waals surface area contributed by atoms with Gasteiger partial charge in [-0.2, -0.15) is 0 Å². The number of nitrogens with one attached hydrogen (secondary N) is 2. The summed E-state index contributed by atoms with van der Waals surface area (Å²) in [5, 5.41) is 6.98. The summed E-state index contributed by atoms with van der Waals surface area (Å²) in [6.07, 6.45) is 8.11. The number of aliphatic imine (C=N–C) groups is 1. The predicted octanol–water partition coefficient (Wildman–Crippen LogP) is 4.32. The molecule has 3 rings (SSSR count). The summed E-state index contributed by atoms with van der Waals surface area (Å²) in [5.41, 5.74) is 2.67. The number of nitrogens with zero attached hydrogens (tertiary/aromatic N) is 2. The molecule has 0 spiro atoms. The average Bonchev–Trinajstić information content (AvgIpc) is 3.27. The first-order valence-electron chi connectivity index (χ1n) is 9.58. The molecule has 2 N–H and O–H groups in total. The minimum Gasteiger partial charge on any atom is -0.372 e. The van der Waals surface area contributed by atoms with Crippen LogP contribution in [0.4, 0.5) is 5.69 Å². The van der Waals surface area contributed by atoms with E-state index in [9.17, 15) is 0 Å². The van der Waals surface area contributed by atoms with Crippen molar-refractivity contribution in [3.63, 3.8) is 0 Å². The van der Waals surface area contributed by atoms with Crippen molar-refractivity contribution >= 4 is 35.6 Å². The lowest BCUT2D eigenvalue weighted by Gasteiger charge is -2.22. The molecule has 2 aliphatic rings. The Morgan fingerprint density at radius 3 is 2.72 bits per heavy atom. The maximum absolute atomic E-state index is 4.37. The van der Waals surface area contributed by atoms with Crippen LogP contribution in [-0.4, -0.2) is 32.6 Å². The fourth-order valence-corrected chi connectivity index (χ4v) is 3.45. The molecule has 0 radical (unpaired) electrons. The van der Waals surface area contributed by atoms with Gasteiger partial charge in [-0.25, -0.2) is 0 Å². The van der Waals surface area contributed by atoms with Gasteiger partial charge in [0, 0.05) is 32.4 Å². The highest BCUT2D eigenvalue weighted by atomic mass is 127. The van der Waals surface area contributed by atoms with Gasteiger partial charge in [-0.15, -0.1) is 24.0 Å². The third kappa shape index (κ3) is 6.35. The number of benzene rings is 1. The Morgan fingerprint density at radius 1 is 1.28 bits per heavy atom. The van der Waals surface area contributed by atoms with Gasteiger partial charge in [0.05, 0.1) is 6.04 Å². The summed E-state index contributed by atoms with van der Waals surface area (Å²) in [7, 11) is 1.85. The summed E-state index contributed by atoms with van der Waals surface area (Å²) in [6.45, 7) is 5.60. The van der Waals surface area contributed by atoms with Gasteiger partial charge >= 0.3 is 0 Å². The van der Waals surface area contributed by atoms with E-state index >= 15 is 0 Å². The van der Waals surface area contributed by atoms with Crippen molar-refractivity contribution in [3.8, 4) is 0 Å². The smallest absolute Gasteiger partial charge is 0.191 e. The summed E-state index contributed by atoms with van der Waals surface area (Å²) < 4.78 is 0. The number of hydrogen-bond donors (Lipinski definition) is 2. The predicted molar refractivity (Wildman–Crippen MR) is 118 cm³/mol. The van der Waals surface area contributed by atoms with Crippen LogP contribution in [0.5, 0.6) is 0 Å². The Kier molecular flexibility index (Phi) is 8.33. The van der Waals surface area contributed by atoms with E-state index in [1.807, 2.05) is 7.05 Å². The van der Waals surface area contributed by atoms with E-state index in [-0.39, 0.29) is 30.0 Å². The van der Waals surface area contributed by atoms with Crippen LogP contribution in [0.1, 0.15) is 57.1 Å². The van der Waals surface area contributed by atoms with E-state index in [0.717, 1.165) is 18.4 Å². The van der Waals surface area contributed by atoms with E-state index in [0.29, 0.717) is 0 Å². The number of anilines is 1. The van der Waals surface area contributed by atoms with Gasteiger partial charge in [-0.05, 0) is 56.2 Å². The lowest BCUT2D eigenvalue weighted by molar-refractivity contribution is 0.631. The minimum absolute atomic E-state index is 0. The molecule has 1 saturated heterocycles. The maximum atomic E-state index is 4.37. The second-order valence-electron chi connectivity index (χ2n) is 7.24. The zero-order chi connectivity index (χ0) is 16.8. The molecule has 0 bridgehead atoms. The molecule has 1 aliphatic carbocycles. The van der Waals surface area contributed by atoms with Crippen molar-refractivity contribution in [3.05, 3.63) is 29.8 Å². The van der Waals surface area contributed by atoms with Crippen LogP contribution in [0.25, 0.3) is 0 Å². The van der Waals surface area contributed by atoms with Crippen LogP contribution in [-0.2, 0) is 0 Å². The molecule has 4 nitrogen and oxygen atoms in total. The second kappa shape index (κ2) is 10.2. The number of halogens is 1. The zero-order valence-electron chi connectivity index (χ0n) is 15.6. The molecule has 1 aromatic carbocycles. The third-order valence-electron chi connectivity index (χ3n) is 5.20. The Labute approximate surface area is 169 Å². The molecule has 1 aliphatic heterocycles. The van der Waals surface area contributed by atoms with Crippen molar-refractivity contribution in [2.24, 2.45) is 10.9 Å². The summed E-state index contributed by atoms with van der Waals surface area (Å²) in [5.74, 6) is 1.92. The summed E-state index contributed by atoms with van der Waals surface area (Å²) >= 11 is 0. The van der Waals surface area contributed by atoms with Crippen LogP contribution >= 0.6 is 24.0 Å².